The molecule has 2 heteroatoms. The summed E-state index contributed by atoms with van der Waals surface area (Å²) < 4.78 is 0. The first kappa shape index (κ1) is 11.5. The number of nitrogens with two attached hydrogens (primary N) is 1. The molecule has 1 atom stereocenters. The maximum Gasteiger partial charge on any atom is 0.217 e. The van der Waals surface area contributed by atoms with Crippen LogP contribution >= 0.6 is 0 Å². The summed E-state index contributed by atoms with van der Waals surface area (Å²) in [5.41, 5.74) is 5.14. The molecule has 0 heterocycles. The lowest BCUT2D eigenvalue weighted by atomic mass is 9.93. The summed E-state index contributed by atoms with van der Waals surface area (Å²) in [5.74, 6) is 1.07. The molecule has 0 rings (SSSR count). The van der Waals surface area contributed by atoms with Gasteiger partial charge in [0.05, 0.1) is 0 Å². The number of hydrogen-bond acceptors (Lipinski definition) is 1. The van der Waals surface area contributed by atoms with Crippen molar-refractivity contribution in [2.75, 3.05) is 0 Å². The van der Waals surface area contributed by atoms with Gasteiger partial charge in [0.25, 0.3) is 0 Å². The topological polar surface area (TPSA) is 43.1 Å². The highest BCUT2D eigenvalue weighted by Gasteiger charge is 2.09. The minimum atomic E-state index is -0.161. The van der Waals surface area contributed by atoms with E-state index >= 15 is 0 Å². The van der Waals surface area contributed by atoms with Crippen LogP contribution in [-0.4, -0.2) is 5.91 Å². The normalized spacial score (nSPS) is 13.3. The summed E-state index contributed by atoms with van der Waals surface area (Å²) >= 11 is 0. The van der Waals surface area contributed by atoms with Crippen molar-refractivity contribution >= 4 is 5.91 Å². The van der Waals surface area contributed by atoms with E-state index < -0.39 is 0 Å². The highest BCUT2D eigenvalue weighted by molar-refractivity contribution is 5.73. The Kier molecular flexibility index (Phi) is 5.77. The lowest BCUT2D eigenvalue weighted by Crippen LogP contribution is -2.16. The minimum absolute atomic E-state index is 0.161. The van der Waals surface area contributed by atoms with Crippen LogP contribution in [0, 0.1) is 11.8 Å². The Morgan fingerprint density at radius 1 is 1.33 bits per heavy atom. The average Bonchev–Trinajstić information content (AvgIpc) is 1.97. The Balaban J connectivity index is 3.60. The van der Waals surface area contributed by atoms with Gasteiger partial charge in [-0.3, -0.25) is 4.79 Å². The molecule has 12 heavy (non-hydrogen) atoms. The first-order valence-electron chi connectivity index (χ1n) is 4.84. The molecule has 0 aromatic heterocycles. The summed E-state index contributed by atoms with van der Waals surface area (Å²) in [7, 11) is 0. The van der Waals surface area contributed by atoms with Gasteiger partial charge in [-0.15, -0.1) is 0 Å². The number of carbonyl (C=O) groups excluding carboxylic acids is 1. The van der Waals surface area contributed by atoms with Crippen LogP contribution < -0.4 is 5.73 Å². The number of primary amides is 1. The van der Waals surface area contributed by atoms with E-state index in [2.05, 4.69) is 20.8 Å². The fourth-order valence-corrected chi connectivity index (χ4v) is 1.30. The summed E-state index contributed by atoms with van der Waals surface area (Å²) in [6.07, 6.45) is 3.96. The zero-order valence-electron chi connectivity index (χ0n) is 8.47. The highest BCUT2D eigenvalue weighted by Crippen LogP contribution is 2.17. The van der Waals surface area contributed by atoms with E-state index in [0.29, 0.717) is 12.3 Å². The third-order valence-electron chi connectivity index (χ3n) is 2.22. The molecule has 0 fully saturated rings. The first-order chi connectivity index (χ1) is 5.56. The van der Waals surface area contributed by atoms with Crippen molar-refractivity contribution in [1.82, 2.24) is 0 Å². The molecule has 2 N–H and O–H groups in total. The van der Waals surface area contributed by atoms with Crippen LogP contribution in [-0.2, 0) is 4.79 Å². The maximum atomic E-state index is 10.6. The molecule has 0 aromatic rings. The van der Waals surface area contributed by atoms with Gasteiger partial charge in [0.2, 0.25) is 5.91 Å². The second-order valence-electron chi connectivity index (χ2n) is 3.92. The van der Waals surface area contributed by atoms with E-state index in [1.165, 1.54) is 6.42 Å². The molecule has 0 radical (unpaired) electrons. The standard InChI is InChI=1S/C10H21NO/c1-4-9(7-10(11)12)6-5-8(2)3/h8-9H,4-7H2,1-3H3,(H2,11,12). The van der Waals surface area contributed by atoms with Gasteiger partial charge in [-0.1, -0.05) is 33.6 Å². The van der Waals surface area contributed by atoms with Gasteiger partial charge in [0.15, 0.2) is 0 Å². The van der Waals surface area contributed by atoms with E-state index in [0.717, 1.165) is 18.8 Å². The summed E-state index contributed by atoms with van der Waals surface area (Å²) in [6, 6.07) is 0. The van der Waals surface area contributed by atoms with Gasteiger partial charge >= 0.3 is 0 Å². The Morgan fingerprint density at radius 3 is 2.25 bits per heavy atom. The smallest absolute Gasteiger partial charge is 0.217 e. The highest BCUT2D eigenvalue weighted by atomic mass is 16.1. The lowest BCUT2D eigenvalue weighted by molar-refractivity contribution is -0.119. The lowest BCUT2D eigenvalue weighted by Gasteiger charge is -2.13. The van der Waals surface area contributed by atoms with Crippen molar-refractivity contribution < 1.29 is 4.79 Å². The molecule has 0 bridgehead atoms. The van der Waals surface area contributed by atoms with Gasteiger partial charge in [-0.05, 0) is 18.3 Å². The molecule has 0 spiro atoms. The zero-order valence-corrected chi connectivity index (χ0v) is 8.47. The van der Waals surface area contributed by atoms with Gasteiger partial charge in [-0.2, -0.15) is 0 Å². The van der Waals surface area contributed by atoms with Crippen molar-refractivity contribution in [2.24, 2.45) is 17.6 Å². The van der Waals surface area contributed by atoms with Crippen LogP contribution in [0.1, 0.15) is 46.5 Å². The second kappa shape index (κ2) is 6.04. The van der Waals surface area contributed by atoms with Crippen LogP contribution in [0.4, 0.5) is 0 Å². The third-order valence-corrected chi connectivity index (χ3v) is 2.22. The van der Waals surface area contributed by atoms with Crippen LogP contribution in [0.5, 0.6) is 0 Å². The summed E-state index contributed by atoms with van der Waals surface area (Å²) in [5, 5.41) is 0. The van der Waals surface area contributed by atoms with E-state index in [-0.39, 0.29) is 5.91 Å². The average molecular weight is 171 g/mol. The van der Waals surface area contributed by atoms with E-state index in [1.54, 1.807) is 0 Å². The van der Waals surface area contributed by atoms with Crippen LogP contribution in [0.25, 0.3) is 0 Å². The number of rotatable bonds is 6. The third kappa shape index (κ3) is 6.20. The summed E-state index contributed by atoms with van der Waals surface area (Å²) in [6.45, 7) is 6.53. The number of hydrogen-bond donors (Lipinski definition) is 1. The molecule has 0 aliphatic heterocycles. The zero-order chi connectivity index (χ0) is 9.56. The van der Waals surface area contributed by atoms with Crippen molar-refractivity contribution in [2.45, 2.75) is 46.5 Å². The predicted molar refractivity (Wildman–Crippen MR) is 51.7 cm³/mol. The molecule has 1 unspecified atom stereocenters. The molecule has 0 aromatic carbocycles. The maximum absolute atomic E-state index is 10.6. The number of carbonyl (C=O) groups is 1. The molecule has 0 saturated carbocycles. The fraction of sp³-hybridized carbons (Fsp3) is 0.900. The van der Waals surface area contributed by atoms with Crippen LogP contribution in [0.2, 0.25) is 0 Å². The molecule has 0 saturated heterocycles. The van der Waals surface area contributed by atoms with E-state index in [4.69, 9.17) is 5.73 Å². The van der Waals surface area contributed by atoms with Crippen molar-refractivity contribution in [3.05, 3.63) is 0 Å². The van der Waals surface area contributed by atoms with E-state index in [1.807, 2.05) is 0 Å². The van der Waals surface area contributed by atoms with Crippen molar-refractivity contribution in [3.63, 3.8) is 0 Å². The summed E-state index contributed by atoms with van der Waals surface area (Å²) in [4.78, 5) is 10.6. The van der Waals surface area contributed by atoms with Crippen molar-refractivity contribution in [1.29, 1.82) is 0 Å². The fourth-order valence-electron chi connectivity index (χ4n) is 1.30. The first-order valence-corrected chi connectivity index (χ1v) is 4.84. The second-order valence-corrected chi connectivity index (χ2v) is 3.92. The molecule has 0 aliphatic carbocycles. The molecule has 2 nitrogen and oxygen atoms in total. The molecular weight excluding hydrogens is 150 g/mol. The molecule has 1 amide bonds. The van der Waals surface area contributed by atoms with Gasteiger partial charge in [0.1, 0.15) is 0 Å². The molecular formula is C10H21NO. The van der Waals surface area contributed by atoms with Crippen LogP contribution in [0.3, 0.4) is 0 Å². The van der Waals surface area contributed by atoms with Gasteiger partial charge in [0, 0.05) is 6.42 Å². The predicted octanol–water partition coefficient (Wildman–Crippen LogP) is 2.32. The van der Waals surface area contributed by atoms with E-state index in [9.17, 15) is 4.79 Å². The van der Waals surface area contributed by atoms with Gasteiger partial charge in [-0.25, -0.2) is 0 Å². The SMILES string of the molecule is CCC(CCC(C)C)CC(N)=O. The van der Waals surface area contributed by atoms with Crippen molar-refractivity contribution in [3.8, 4) is 0 Å². The Labute approximate surface area is 75.5 Å². The Bertz CT molecular complexity index is 132. The Morgan fingerprint density at radius 2 is 1.92 bits per heavy atom. The van der Waals surface area contributed by atoms with Crippen LogP contribution in [0.15, 0.2) is 0 Å². The van der Waals surface area contributed by atoms with Gasteiger partial charge < -0.3 is 5.73 Å². The monoisotopic (exact) mass is 171 g/mol. The molecule has 0 aliphatic rings. The molecule has 72 valence electrons. The Hall–Kier alpha value is -0.530. The quantitative estimate of drug-likeness (QED) is 0.655. The minimum Gasteiger partial charge on any atom is -0.370 e. The number of amides is 1. The largest absolute Gasteiger partial charge is 0.370 e.